The van der Waals surface area contributed by atoms with Crippen molar-refractivity contribution in [2.24, 2.45) is 10.7 Å². The van der Waals surface area contributed by atoms with E-state index < -0.39 is 0 Å². The first-order valence-corrected chi connectivity index (χ1v) is 7.46. The van der Waals surface area contributed by atoms with E-state index in [0.717, 1.165) is 23.8 Å². The summed E-state index contributed by atoms with van der Waals surface area (Å²) in [7, 11) is 0. The second-order valence-electron chi connectivity index (χ2n) is 4.82. The van der Waals surface area contributed by atoms with Crippen LogP contribution in [0.3, 0.4) is 0 Å². The summed E-state index contributed by atoms with van der Waals surface area (Å²) < 4.78 is 0. The molecule has 0 spiro atoms. The molecule has 19 heavy (non-hydrogen) atoms. The van der Waals surface area contributed by atoms with E-state index in [9.17, 15) is 0 Å². The zero-order valence-corrected chi connectivity index (χ0v) is 14.8. The van der Waals surface area contributed by atoms with Gasteiger partial charge in [-0.3, -0.25) is 0 Å². The van der Waals surface area contributed by atoms with Crippen molar-refractivity contribution in [1.29, 1.82) is 0 Å². The van der Waals surface area contributed by atoms with Crippen LogP contribution < -0.4 is 5.73 Å². The predicted octanol–water partition coefficient (Wildman–Crippen LogP) is 3.07. The first-order chi connectivity index (χ1) is 8.66. The van der Waals surface area contributed by atoms with Gasteiger partial charge < -0.3 is 10.6 Å². The Kier molecular flexibility index (Phi) is 7.06. The molecule has 1 aromatic heterocycles. The minimum absolute atomic E-state index is 0. The van der Waals surface area contributed by atoms with E-state index in [-0.39, 0.29) is 24.0 Å². The standard InChI is InChI=1S/C13H22N4S.HI/c1-10-12(18-11(2)16-10)9-15-13(14)17-7-5-3-4-6-8-17;/h3-9H2,1-2H3,(H2,14,15);1H. The largest absolute Gasteiger partial charge is 0.370 e. The van der Waals surface area contributed by atoms with Gasteiger partial charge in [-0.05, 0) is 26.7 Å². The SMILES string of the molecule is Cc1nc(C)c(CN=C(N)N2CCCCCC2)s1.I. The van der Waals surface area contributed by atoms with Crippen LogP contribution in [0, 0.1) is 13.8 Å². The lowest BCUT2D eigenvalue weighted by Crippen LogP contribution is -2.38. The van der Waals surface area contributed by atoms with Gasteiger partial charge in [-0.2, -0.15) is 0 Å². The molecule has 0 aromatic carbocycles. The Balaban J connectivity index is 0.00000180. The summed E-state index contributed by atoms with van der Waals surface area (Å²) in [5.74, 6) is 0.697. The number of rotatable bonds is 2. The third-order valence-corrected chi connectivity index (χ3v) is 4.37. The fourth-order valence-corrected chi connectivity index (χ4v) is 3.13. The number of aryl methyl sites for hydroxylation is 2. The maximum Gasteiger partial charge on any atom is 0.191 e. The van der Waals surface area contributed by atoms with E-state index >= 15 is 0 Å². The number of nitrogens with zero attached hydrogens (tertiary/aromatic N) is 3. The molecular weight excluding hydrogens is 371 g/mol. The molecule has 1 fully saturated rings. The van der Waals surface area contributed by atoms with Crippen LogP contribution in [-0.2, 0) is 6.54 Å². The topological polar surface area (TPSA) is 54.5 Å². The van der Waals surface area contributed by atoms with Crippen LogP contribution in [0.5, 0.6) is 0 Å². The molecule has 0 aliphatic carbocycles. The predicted molar refractivity (Wildman–Crippen MR) is 92.4 cm³/mol. The molecule has 0 atom stereocenters. The van der Waals surface area contributed by atoms with Gasteiger partial charge in [0, 0.05) is 18.0 Å². The molecule has 0 radical (unpaired) electrons. The van der Waals surface area contributed by atoms with E-state index in [1.807, 2.05) is 13.8 Å². The number of halogens is 1. The van der Waals surface area contributed by atoms with Gasteiger partial charge in [-0.1, -0.05) is 12.8 Å². The summed E-state index contributed by atoms with van der Waals surface area (Å²) >= 11 is 1.71. The van der Waals surface area contributed by atoms with E-state index in [1.54, 1.807) is 11.3 Å². The maximum atomic E-state index is 6.08. The molecule has 6 heteroatoms. The van der Waals surface area contributed by atoms with Gasteiger partial charge in [-0.25, -0.2) is 9.98 Å². The van der Waals surface area contributed by atoms with Gasteiger partial charge >= 0.3 is 0 Å². The molecule has 2 heterocycles. The Morgan fingerprint density at radius 2 is 1.89 bits per heavy atom. The average molecular weight is 394 g/mol. The first-order valence-electron chi connectivity index (χ1n) is 6.64. The number of likely N-dealkylation sites (tertiary alicyclic amines) is 1. The number of aliphatic imine (C=N–C) groups is 1. The Hall–Kier alpha value is -0.370. The van der Waals surface area contributed by atoms with Crippen molar-refractivity contribution >= 4 is 41.3 Å². The number of guanidine groups is 1. The fourth-order valence-electron chi connectivity index (χ4n) is 2.27. The van der Waals surface area contributed by atoms with Crippen molar-refractivity contribution in [1.82, 2.24) is 9.88 Å². The Morgan fingerprint density at radius 1 is 1.26 bits per heavy atom. The summed E-state index contributed by atoms with van der Waals surface area (Å²) in [4.78, 5) is 12.4. The minimum atomic E-state index is 0. The number of nitrogens with two attached hydrogens (primary N) is 1. The number of thiazole rings is 1. The lowest BCUT2D eigenvalue weighted by Gasteiger charge is -2.20. The fraction of sp³-hybridized carbons (Fsp3) is 0.692. The molecule has 1 aliphatic rings. The summed E-state index contributed by atoms with van der Waals surface area (Å²) in [5.41, 5.74) is 7.17. The van der Waals surface area contributed by atoms with Crippen LogP contribution in [0.15, 0.2) is 4.99 Å². The molecule has 0 bridgehead atoms. The van der Waals surface area contributed by atoms with E-state index in [2.05, 4.69) is 14.9 Å². The molecule has 0 saturated carbocycles. The Bertz CT molecular complexity index is 422. The lowest BCUT2D eigenvalue weighted by molar-refractivity contribution is 0.428. The second kappa shape index (κ2) is 8.04. The third-order valence-electron chi connectivity index (χ3n) is 3.31. The van der Waals surface area contributed by atoms with Crippen LogP contribution >= 0.6 is 35.3 Å². The monoisotopic (exact) mass is 394 g/mol. The molecule has 0 amide bonds. The second-order valence-corrected chi connectivity index (χ2v) is 6.10. The van der Waals surface area contributed by atoms with Gasteiger partial charge in [0.1, 0.15) is 0 Å². The molecule has 1 aromatic rings. The van der Waals surface area contributed by atoms with Gasteiger partial charge in [0.2, 0.25) is 0 Å². The highest BCUT2D eigenvalue weighted by Crippen LogP contribution is 2.18. The average Bonchev–Trinajstić information content (AvgIpc) is 2.59. The third kappa shape index (κ3) is 4.91. The highest BCUT2D eigenvalue weighted by molar-refractivity contribution is 14.0. The van der Waals surface area contributed by atoms with Crippen molar-refractivity contribution in [3.63, 3.8) is 0 Å². The van der Waals surface area contributed by atoms with Crippen LogP contribution in [-0.4, -0.2) is 28.9 Å². The summed E-state index contributed by atoms with van der Waals surface area (Å²) in [6.07, 6.45) is 5.09. The number of aromatic nitrogens is 1. The molecular formula is C13H23IN4S. The minimum Gasteiger partial charge on any atom is -0.370 e. The number of hydrogen-bond acceptors (Lipinski definition) is 3. The molecule has 4 nitrogen and oxygen atoms in total. The van der Waals surface area contributed by atoms with Crippen molar-refractivity contribution < 1.29 is 0 Å². The molecule has 2 rings (SSSR count). The normalized spacial score (nSPS) is 16.9. The van der Waals surface area contributed by atoms with Gasteiger partial charge in [0.15, 0.2) is 5.96 Å². The van der Waals surface area contributed by atoms with Gasteiger partial charge in [0.05, 0.1) is 17.2 Å². The van der Waals surface area contributed by atoms with Crippen molar-refractivity contribution in [2.45, 2.75) is 46.1 Å². The summed E-state index contributed by atoms with van der Waals surface area (Å²) in [5, 5.41) is 1.10. The summed E-state index contributed by atoms with van der Waals surface area (Å²) in [6.45, 7) is 6.84. The molecule has 2 N–H and O–H groups in total. The zero-order chi connectivity index (χ0) is 13.0. The Morgan fingerprint density at radius 3 is 2.42 bits per heavy atom. The van der Waals surface area contributed by atoms with Gasteiger partial charge in [-0.15, -0.1) is 35.3 Å². The lowest BCUT2D eigenvalue weighted by atomic mass is 10.2. The van der Waals surface area contributed by atoms with Crippen LogP contribution in [0.1, 0.15) is 41.3 Å². The van der Waals surface area contributed by atoms with Crippen LogP contribution in [0.4, 0.5) is 0 Å². The van der Waals surface area contributed by atoms with Gasteiger partial charge in [0.25, 0.3) is 0 Å². The van der Waals surface area contributed by atoms with Crippen molar-refractivity contribution in [3.05, 3.63) is 15.6 Å². The smallest absolute Gasteiger partial charge is 0.191 e. The number of hydrogen-bond donors (Lipinski definition) is 1. The zero-order valence-electron chi connectivity index (χ0n) is 11.7. The van der Waals surface area contributed by atoms with E-state index in [4.69, 9.17) is 5.73 Å². The highest BCUT2D eigenvalue weighted by Gasteiger charge is 2.11. The summed E-state index contributed by atoms with van der Waals surface area (Å²) in [6, 6.07) is 0. The molecule has 108 valence electrons. The molecule has 1 aliphatic heterocycles. The van der Waals surface area contributed by atoms with Crippen molar-refractivity contribution in [2.75, 3.05) is 13.1 Å². The highest BCUT2D eigenvalue weighted by atomic mass is 127. The maximum absolute atomic E-state index is 6.08. The Labute approximate surface area is 136 Å². The van der Waals surface area contributed by atoms with Crippen molar-refractivity contribution in [3.8, 4) is 0 Å². The van der Waals surface area contributed by atoms with E-state index in [1.165, 1.54) is 30.6 Å². The van der Waals surface area contributed by atoms with Crippen LogP contribution in [0.25, 0.3) is 0 Å². The first kappa shape index (κ1) is 16.7. The molecule has 1 saturated heterocycles. The van der Waals surface area contributed by atoms with Crippen LogP contribution in [0.2, 0.25) is 0 Å². The van der Waals surface area contributed by atoms with E-state index in [0.29, 0.717) is 12.5 Å². The quantitative estimate of drug-likeness (QED) is 0.477. The molecule has 0 unspecified atom stereocenters.